The van der Waals surface area contributed by atoms with E-state index in [1.807, 2.05) is 24.3 Å². The second kappa shape index (κ2) is 6.20. The number of carbonyl (C=O) groups excluding carboxylic acids is 1. The first-order valence-corrected chi connectivity index (χ1v) is 10.5. The number of nitrogens with one attached hydrogen (secondary N) is 1. The Hall–Kier alpha value is -2.59. The molecule has 1 spiro atoms. The number of hydrogen-bond donors (Lipinski definition) is 2. The summed E-state index contributed by atoms with van der Waals surface area (Å²) >= 11 is 0. The van der Waals surface area contributed by atoms with Gasteiger partial charge in [0.25, 0.3) is 0 Å². The van der Waals surface area contributed by atoms with Gasteiger partial charge in [0.05, 0.1) is 5.41 Å². The van der Waals surface area contributed by atoms with Crippen molar-refractivity contribution in [1.29, 1.82) is 0 Å². The first-order valence-electron chi connectivity index (χ1n) is 10.5. The van der Waals surface area contributed by atoms with E-state index in [1.54, 1.807) is 6.07 Å². The van der Waals surface area contributed by atoms with Crippen LogP contribution in [-0.4, -0.2) is 22.2 Å². The number of para-hydroxylation sites is 1. The maximum Gasteiger partial charge on any atom is 0.209 e. The third-order valence-corrected chi connectivity index (χ3v) is 6.99. The third kappa shape index (κ3) is 2.66. The summed E-state index contributed by atoms with van der Waals surface area (Å²) in [5, 5.41) is 14.4. The van der Waals surface area contributed by atoms with E-state index in [4.69, 9.17) is 4.74 Å². The minimum absolute atomic E-state index is 0.166. The van der Waals surface area contributed by atoms with E-state index < -0.39 is 11.3 Å². The quantitative estimate of drug-likeness (QED) is 0.704. The summed E-state index contributed by atoms with van der Waals surface area (Å²) in [6.45, 7) is 4.36. The zero-order valence-corrected chi connectivity index (χ0v) is 17.0. The van der Waals surface area contributed by atoms with E-state index in [0.29, 0.717) is 18.4 Å². The second-order valence-electron chi connectivity index (χ2n) is 9.14. The van der Waals surface area contributed by atoms with Crippen LogP contribution < -0.4 is 10.1 Å². The Balaban J connectivity index is 1.47. The molecule has 0 radical (unpaired) electrons. The lowest BCUT2D eigenvalue weighted by molar-refractivity contribution is 0.0116. The molecule has 3 aliphatic rings. The third-order valence-electron chi connectivity index (χ3n) is 6.99. The van der Waals surface area contributed by atoms with Crippen LogP contribution in [0, 0.1) is 0 Å². The highest BCUT2D eigenvalue weighted by Gasteiger charge is 2.54. The number of hydrogen-bond acceptors (Lipinski definition) is 4. The lowest BCUT2D eigenvalue weighted by Gasteiger charge is -2.41. The molecule has 1 fully saturated rings. The minimum atomic E-state index is -1.22. The number of rotatable bonds is 2. The Morgan fingerprint density at radius 1 is 1.07 bits per heavy atom. The Kier molecular flexibility index (Phi) is 3.94. The average molecular weight is 389 g/mol. The van der Waals surface area contributed by atoms with Crippen molar-refractivity contribution in [1.82, 2.24) is 0 Å². The SMILES string of the molecule is CC1(C)c2ccccc2NC12C=Cc1cc(C(=O)C3(O)CCCCC3)ccc1O2. The van der Waals surface area contributed by atoms with E-state index >= 15 is 0 Å². The molecule has 4 nitrogen and oxygen atoms in total. The highest BCUT2D eigenvalue weighted by molar-refractivity contribution is 6.03. The fourth-order valence-corrected chi connectivity index (χ4v) is 5.06. The van der Waals surface area contributed by atoms with Gasteiger partial charge in [-0.15, -0.1) is 0 Å². The number of ether oxygens (including phenoxy) is 1. The van der Waals surface area contributed by atoms with Crippen LogP contribution in [0.25, 0.3) is 6.08 Å². The molecule has 29 heavy (non-hydrogen) atoms. The topological polar surface area (TPSA) is 58.6 Å². The van der Waals surface area contributed by atoms with Gasteiger partial charge >= 0.3 is 0 Å². The first-order chi connectivity index (χ1) is 13.8. The molecule has 2 aromatic rings. The van der Waals surface area contributed by atoms with Crippen molar-refractivity contribution in [2.75, 3.05) is 5.32 Å². The van der Waals surface area contributed by atoms with Gasteiger partial charge in [0.1, 0.15) is 11.4 Å². The molecule has 1 unspecified atom stereocenters. The molecule has 2 aromatic carbocycles. The summed E-state index contributed by atoms with van der Waals surface area (Å²) in [5.41, 5.74) is 1.58. The van der Waals surface area contributed by atoms with Crippen molar-refractivity contribution in [3.8, 4) is 5.75 Å². The summed E-state index contributed by atoms with van der Waals surface area (Å²) in [6.07, 6.45) is 8.08. The number of fused-ring (bicyclic) bond motifs is 2. The van der Waals surface area contributed by atoms with E-state index in [-0.39, 0.29) is 11.2 Å². The van der Waals surface area contributed by atoms with Gasteiger partial charge in [0.2, 0.25) is 5.72 Å². The zero-order chi connectivity index (χ0) is 20.3. The molecule has 0 aromatic heterocycles. The Bertz CT molecular complexity index is 1020. The molecule has 150 valence electrons. The summed E-state index contributed by atoms with van der Waals surface area (Å²) in [6, 6.07) is 13.8. The molecule has 4 heteroatoms. The van der Waals surface area contributed by atoms with Crippen LogP contribution in [0.3, 0.4) is 0 Å². The number of aliphatic hydroxyl groups is 1. The van der Waals surface area contributed by atoms with Gasteiger partial charge in [0.15, 0.2) is 5.78 Å². The molecule has 5 rings (SSSR count). The highest BCUT2D eigenvalue weighted by Crippen LogP contribution is 2.51. The van der Waals surface area contributed by atoms with E-state index in [9.17, 15) is 9.90 Å². The van der Waals surface area contributed by atoms with Crippen molar-refractivity contribution in [2.45, 2.75) is 62.7 Å². The lowest BCUT2D eigenvalue weighted by Crippen LogP contribution is -2.53. The van der Waals surface area contributed by atoms with Crippen LogP contribution >= 0.6 is 0 Å². The normalized spacial score (nSPS) is 25.6. The number of ketones is 1. The van der Waals surface area contributed by atoms with E-state index in [0.717, 1.165) is 36.3 Å². The van der Waals surface area contributed by atoms with E-state index in [1.165, 1.54) is 5.56 Å². The molecule has 0 saturated heterocycles. The zero-order valence-electron chi connectivity index (χ0n) is 17.0. The van der Waals surface area contributed by atoms with Crippen LogP contribution in [0.1, 0.15) is 67.4 Å². The number of Topliss-reactive ketones (excluding diaryl/α,β-unsaturated/α-hetero) is 1. The summed E-state index contributed by atoms with van der Waals surface area (Å²) in [5.74, 6) is 0.577. The van der Waals surface area contributed by atoms with Crippen LogP contribution in [0.15, 0.2) is 48.5 Å². The van der Waals surface area contributed by atoms with E-state index in [2.05, 4.69) is 43.4 Å². The van der Waals surface area contributed by atoms with Crippen molar-refractivity contribution in [3.05, 3.63) is 65.2 Å². The molecule has 1 aliphatic carbocycles. The smallest absolute Gasteiger partial charge is 0.209 e. The van der Waals surface area contributed by atoms with Gasteiger partial charge in [-0.3, -0.25) is 4.79 Å². The Labute approximate surface area is 171 Å². The molecular formula is C25H27NO3. The number of benzene rings is 2. The van der Waals surface area contributed by atoms with Gasteiger partial charge in [-0.25, -0.2) is 0 Å². The second-order valence-corrected chi connectivity index (χ2v) is 9.14. The van der Waals surface area contributed by atoms with Crippen LogP contribution in [0.5, 0.6) is 5.75 Å². The maximum atomic E-state index is 13.0. The molecule has 2 N–H and O–H groups in total. The van der Waals surface area contributed by atoms with Gasteiger partial charge < -0.3 is 15.2 Å². The van der Waals surface area contributed by atoms with Crippen molar-refractivity contribution >= 4 is 17.5 Å². The number of carbonyl (C=O) groups is 1. The monoisotopic (exact) mass is 389 g/mol. The lowest BCUT2D eigenvalue weighted by atomic mass is 9.76. The van der Waals surface area contributed by atoms with Gasteiger partial charge in [-0.1, -0.05) is 37.5 Å². The molecule has 1 atom stereocenters. The molecule has 2 heterocycles. The molecule has 0 amide bonds. The maximum absolute atomic E-state index is 13.0. The molecule has 1 saturated carbocycles. The fraction of sp³-hybridized carbons (Fsp3) is 0.400. The highest BCUT2D eigenvalue weighted by atomic mass is 16.5. The largest absolute Gasteiger partial charge is 0.463 e. The standard InChI is InChI=1S/C25H27NO3/c1-23(2)19-8-4-5-9-20(19)26-25(23)15-12-17-16-18(10-11-21(17)29-25)22(27)24(28)13-6-3-7-14-24/h4-5,8-12,15-16,26,28H,3,6-7,13-14H2,1-2H3. The fourth-order valence-electron chi connectivity index (χ4n) is 5.06. The first kappa shape index (κ1) is 18.4. The van der Waals surface area contributed by atoms with Crippen molar-refractivity contribution in [2.24, 2.45) is 0 Å². The predicted octanol–water partition coefficient (Wildman–Crippen LogP) is 5.07. The van der Waals surface area contributed by atoms with Crippen LogP contribution in [-0.2, 0) is 5.41 Å². The summed E-state index contributed by atoms with van der Waals surface area (Å²) < 4.78 is 6.51. The average Bonchev–Trinajstić information content (AvgIpc) is 2.94. The summed E-state index contributed by atoms with van der Waals surface area (Å²) in [4.78, 5) is 13.0. The minimum Gasteiger partial charge on any atom is -0.463 e. The Morgan fingerprint density at radius 3 is 2.59 bits per heavy atom. The predicted molar refractivity (Wildman–Crippen MR) is 114 cm³/mol. The number of anilines is 1. The Morgan fingerprint density at radius 2 is 1.83 bits per heavy atom. The van der Waals surface area contributed by atoms with Crippen LogP contribution in [0.2, 0.25) is 0 Å². The van der Waals surface area contributed by atoms with Gasteiger partial charge in [0, 0.05) is 16.8 Å². The molecular weight excluding hydrogens is 362 g/mol. The summed E-state index contributed by atoms with van der Waals surface area (Å²) in [7, 11) is 0. The van der Waals surface area contributed by atoms with Gasteiger partial charge in [-0.05, 0) is 68.7 Å². The molecule has 0 bridgehead atoms. The van der Waals surface area contributed by atoms with Crippen LogP contribution in [0.4, 0.5) is 5.69 Å². The van der Waals surface area contributed by atoms with Crippen molar-refractivity contribution < 1.29 is 14.6 Å². The molecule has 2 aliphatic heterocycles. The van der Waals surface area contributed by atoms with Crippen molar-refractivity contribution in [3.63, 3.8) is 0 Å². The van der Waals surface area contributed by atoms with Gasteiger partial charge in [-0.2, -0.15) is 0 Å².